The van der Waals surface area contributed by atoms with E-state index in [1.54, 1.807) is 0 Å². The van der Waals surface area contributed by atoms with Crippen molar-refractivity contribution in [2.75, 3.05) is 35.2 Å². The van der Waals surface area contributed by atoms with E-state index in [-0.39, 0.29) is 12.4 Å². The van der Waals surface area contributed by atoms with E-state index in [0.29, 0.717) is 72.1 Å². The maximum absolute atomic E-state index is 12.4. The fraction of sp³-hybridized carbons (Fsp3) is 0.459. The summed E-state index contributed by atoms with van der Waals surface area (Å²) in [6.07, 6.45) is 12.9. The molecule has 0 radical (unpaired) electrons. The number of ether oxygens (including phenoxy) is 1. The number of fused-ring (bicyclic) bond motifs is 2. The number of hydrogen-bond donors (Lipinski definition) is 0. The number of rotatable bonds is 17. The normalized spacial score (nSPS) is 14.6. The second-order valence-electron chi connectivity index (χ2n) is 13.0. The van der Waals surface area contributed by atoms with Crippen molar-refractivity contribution in [3.05, 3.63) is 80.3 Å². The number of aromatic nitrogens is 2. The van der Waals surface area contributed by atoms with Gasteiger partial charge in [0.2, 0.25) is 0 Å². The third-order valence-electron chi connectivity index (χ3n) is 9.12. The summed E-state index contributed by atoms with van der Waals surface area (Å²) in [5.74, 6) is 1.26. The first-order valence-electron chi connectivity index (χ1n) is 17.2. The van der Waals surface area contributed by atoms with E-state index >= 15 is 0 Å². The van der Waals surface area contributed by atoms with Gasteiger partial charge in [-0.05, 0) is 78.0 Å². The van der Waals surface area contributed by atoms with E-state index < -0.39 is 21.3 Å². The zero-order valence-corrected chi connectivity index (χ0v) is 33.6. The van der Waals surface area contributed by atoms with Gasteiger partial charge in [0.15, 0.2) is 11.0 Å². The van der Waals surface area contributed by atoms with Crippen molar-refractivity contribution >= 4 is 91.0 Å². The summed E-state index contributed by atoms with van der Waals surface area (Å²) in [6.45, 7) is 12.8. The third kappa shape index (κ3) is 10.0. The molecule has 0 aliphatic carbocycles. The number of esters is 1. The molecule has 0 spiro atoms. The Bertz CT molecular complexity index is 1940. The Morgan fingerprint density at radius 3 is 2.14 bits per heavy atom. The molecule has 1 aliphatic rings. The number of nitrogens with zero attached hydrogens (tertiary/aromatic N) is 4. The summed E-state index contributed by atoms with van der Waals surface area (Å²) in [6, 6.07) is 7.43. The first-order valence-corrected chi connectivity index (χ1v) is 20.3. The van der Waals surface area contributed by atoms with Crippen LogP contribution in [0.15, 0.2) is 54.4 Å². The number of benzene rings is 2. The molecule has 1 aromatic heterocycles. The molecule has 0 atom stereocenters. The van der Waals surface area contributed by atoms with Gasteiger partial charge in [-0.3, -0.25) is 4.79 Å². The quantitative estimate of drug-likeness (QED) is 0.0441. The molecule has 51 heavy (non-hydrogen) atoms. The SMILES string of the molecule is CCN1/C(=C/C=C/C=C/c2n(CC)c3cc(Cl)c(Cl)cc3[n+]2CCCCS(=O)(=O)[O-])N(CCCCOC(=O)C(C)(C)CC)c2cc(Cl)c(Cl)cc21. The molecule has 0 unspecified atom stereocenters. The van der Waals surface area contributed by atoms with E-state index in [9.17, 15) is 17.8 Å². The van der Waals surface area contributed by atoms with Gasteiger partial charge in [-0.2, -0.15) is 0 Å². The van der Waals surface area contributed by atoms with E-state index in [0.717, 1.165) is 40.5 Å². The molecular formula is C37H46Cl4N4O5S. The predicted molar refractivity (Wildman–Crippen MR) is 209 cm³/mol. The van der Waals surface area contributed by atoms with Crippen LogP contribution < -0.4 is 14.4 Å². The maximum Gasteiger partial charge on any atom is 0.311 e. The van der Waals surface area contributed by atoms with Gasteiger partial charge in [0, 0.05) is 37.1 Å². The lowest BCUT2D eigenvalue weighted by molar-refractivity contribution is -0.674. The smallest absolute Gasteiger partial charge is 0.311 e. The highest BCUT2D eigenvalue weighted by atomic mass is 35.5. The van der Waals surface area contributed by atoms with Crippen molar-refractivity contribution in [1.82, 2.24) is 4.57 Å². The zero-order chi connectivity index (χ0) is 37.5. The molecule has 3 aromatic rings. The van der Waals surface area contributed by atoms with E-state index in [4.69, 9.17) is 51.1 Å². The van der Waals surface area contributed by atoms with Gasteiger partial charge < -0.3 is 19.1 Å². The second kappa shape index (κ2) is 17.9. The van der Waals surface area contributed by atoms with Gasteiger partial charge in [-0.25, -0.2) is 17.6 Å². The number of imidazole rings is 1. The van der Waals surface area contributed by atoms with Gasteiger partial charge in [-0.15, -0.1) is 0 Å². The Morgan fingerprint density at radius 2 is 1.51 bits per heavy atom. The first-order chi connectivity index (χ1) is 24.1. The summed E-state index contributed by atoms with van der Waals surface area (Å²) in [4.78, 5) is 16.8. The van der Waals surface area contributed by atoms with Gasteiger partial charge in [0.25, 0.3) is 5.82 Å². The van der Waals surface area contributed by atoms with Crippen LogP contribution in [-0.2, 0) is 32.7 Å². The van der Waals surface area contributed by atoms with E-state index in [2.05, 4.69) is 25.9 Å². The fourth-order valence-electron chi connectivity index (χ4n) is 5.97. The molecule has 0 amide bonds. The molecule has 2 heterocycles. The number of allylic oxidation sites excluding steroid dienone is 4. The van der Waals surface area contributed by atoms with Crippen molar-refractivity contribution in [2.24, 2.45) is 5.41 Å². The number of carbonyl (C=O) groups is 1. The molecule has 0 bridgehead atoms. The minimum atomic E-state index is -4.29. The van der Waals surface area contributed by atoms with Crippen LogP contribution in [0.3, 0.4) is 0 Å². The van der Waals surface area contributed by atoms with Gasteiger partial charge >= 0.3 is 5.97 Å². The second-order valence-corrected chi connectivity index (χ2v) is 16.1. The first kappa shape index (κ1) is 41.0. The molecule has 2 aromatic carbocycles. The molecule has 0 saturated carbocycles. The highest BCUT2D eigenvalue weighted by molar-refractivity contribution is 7.85. The van der Waals surface area contributed by atoms with Gasteiger partial charge in [-0.1, -0.05) is 71.6 Å². The van der Waals surface area contributed by atoms with Crippen molar-refractivity contribution in [1.29, 1.82) is 0 Å². The minimum Gasteiger partial charge on any atom is -0.748 e. The largest absolute Gasteiger partial charge is 0.748 e. The lowest BCUT2D eigenvalue weighted by Gasteiger charge is -2.24. The van der Waals surface area contributed by atoms with Crippen molar-refractivity contribution in [2.45, 2.75) is 79.8 Å². The minimum absolute atomic E-state index is 0.180. The summed E-state index contributed by atoms with van der Waals surface area (Å²) in [5, 5.41) is 1.82. The number of anilines is 2. The summed E-state index contributed by atoms with van der Waals surface area (Å²) < 4.78 is 43.3. The number of carbonyl (C=O) groups excluding carboxylic acids is 1. The predicted octanol–water partition coefficient (Wildman–Crippen LogP) is 9.40. The van der Waals surface area contributed by atoms with Crippen LogP contribution >= 0.6 is 46.4 Å². The van der Waals surface area contributed by atoms with Crippen molar-refractivity contribution < 1.29 is 27.1 Å². The van der Waals surface area contributed by atoms with Crippen LogP contribution in [0.5, 0.6) is 0 Å². The van der Waals surface area contributed by atoms with Crippen molar-refractivity contribution in [3.8, 4) is 0 Å². The van der Waals surface area contributed by atoms with Crippen LogP contribution in [0.1, 0.15) is 72.5 Å². The molecule has 14 heteroatoms. The Labute approximate surface area is 321 Å². The van der Waals surface area contributed by atoms with Crippen LogP contribution in [0, 0.1) is 5.41 Å². The van der Waals surface area contributed by atoms with Crippen LogP contribution in [0.2, 0.25) is 20.1 Å². The maximum atomic E-state index is 12.4. The topological polar surface area (TPSA) is 98.8 Å². The number of aryl methyl sites for hydroxylation is 2. The third-order valence-corrected chi connectivity index (χ3v) is 11.4. The summed E-state index contributed by atoms with van der Waals surface area (Å²) >= 11 is 25.7. The van der Waals surface area contributed by atoms with Crippen LogP contribution in [0.25, 0.3) is 17.1 Å². The lowest BCUT2D eigenvalue weighted by Crippen LogP contribution is -2.36. The fourth-order valence-corrected chi connectivity index (χ4v) is 7.16. The van der Waals surface area contributed by atoms with Crippen molar-refractivity contribution in [3.63, 3.8) is 0 Å². The van der Waals surface area contributed by atoms with Gasteiger partial charge in [0.1, 0.15) is 5.82 Å². The summed E-state index contributed by atoms with van der Waals surface area (Å²) in [5.41, 5.74) is 3.19. The molecular weight excluding hydrogens is 754 g/mol. The Morgan fingerprint density at radius 1 is 0.863 bits per heavy atom. The molecule has 278 valence electrons. The van der Waals surface area contributed by atoms with Crippen LogP contribution in [0.4, 0.5) is 11.4 Å². The standard InChI is InChI=1S/C37H46Cl4N4O5S/c1-6-37(4,5)36(46)50-20-14-12-18-44-32-24-28(40)26(38)22-30(32)42(7-2)34(44)16-10-9-11-17-35-43(8-3)31-23-27(39)29(41)25-33(31)45(35)19-13-15-21-51(47,48)49/h9-11,16-17,22-25H,6-8,12-15,18-21H2,1-5H3. The Hall–Kier alpha value is -2.73. The number of halogens is 4. The molecule has 0 fully saturated rings. The zero-order valence-electron chi connectivity index (χ0n) is 29.7. The molecule has 0 saturated heterocycles. The lowest BCUT2D eigenvalue weighted by atomic mass is 9.91. The molecule has 9 nitrogen and oxygen atoms in total. The van der Waals surface area contributed by atoms with Crippen LogP contribution in [-0.4, -0.2) is 49.0 Å². The molecule has 1 aliphatic heterocycles. The Kier molecular flexibility index (Phi) is 14.4. The Balaban J connectivity index is 1.59. The number of unbranched alkanes of at least 4 members (excludes halogenated alkanes) is 2. The monoisotopic (exact) mass is 798 g/mol. The van der Waals surface area contributed by atoms with E-state index in [1.165, 1.54) is 0 Å². The average Bonchev–Trinajstić information content (AvgIpc) is 3.51. The highest BCUT2D eigenvalue weighted by Crippen LogP contribution is 2.45. The number of hydrogen-bond acceptors (Lipinski definition) is 7. The highest BCUT2D eigenvalue weighted by Gasteiger charge is 2.31. The van der Waals surface area contributed by atoms with E-state index in [1.807, 2.05) is 82.3 Å². The molecule has 4 rings (SSSR count). The molecule has 0 N–H and O–H groups in total. The summed E-state index contributed by atoms with van der Waals surface area (Å²) in [7, 11) is -4.29. The van der Waals surface area contributed by atoms with Gasteiger partial charge in [0.05, 0.1) is 66.7 Å². The average molecular weight is 801 g/mol.